The molecule has 0 unspecified atom stereocenters. The van der Waals surface area contributed by atoms with E-state index in [0.717, 1.165) is 17.4 Å². The summed E-state index contributed by atoms with van der Waals surface area (Å²) in [5.74, 6) is 0.942. The third-order valence-corrected chi connectivity index (χ3v) is 2.14. The molecule has 0 aliphatic heterocycles. The number of aromatic nitrogens is 2. The largest absolute Gasteiger partial charge is 0.363 e. The van der Waals surface area contributed by atoms with Gasteiger partial charge >= 0.3 is 0 Å². The Morgan fingerprint density at radius 2 is 2.08 bits per heavy atom. The molecule has 0 saturated carbocycles. The second-order valence-electron chi connectivity index (χ2n) is 4.00. The molecule has 0 spiro atoms. The second-order valence-corrected chi connectivity index (χ2v) is 4.76. The lowest BCUT2D eigenvalue weighted by Crippen LogP contribution is -2.10. The molecule has 0 aliphatic carbocycles. The fourth-order valence-electron chi connectivity index (χ4n) is 0.902. The lowest BCUT2D eigenvalue weighted by molar-refractivity contribution is 0.403. The van der Waals surface area contributed by atoms with Gasteiger partial charge in [0.25, 0.3) is 0 Å². The van der Waals surface area contributed by atoms with Crippen molar-refractivity contribution in [1.29, 1.82) is 0 Å². The average molecular weight is 185 g/mol. The van der Waals surface area contributed by atoms with Gasteiger partial charge in [0.2, 0.25) is 5.13 Å². The molecule has 3 nitrogen and oxygen atoms in total. The van der Waals surface area contributed by atoms with E-state index in [2.05, 4.69) is 35.4 Å². The molecule has 1 aromatic heterocycles. The molecule has 0 amide bonds. The van der Waals surface area contributed by atoms with Crippen molar-refractivity contribution >= 4 is 16.7 Å². The van der Waals surface area contributed by atoms with E-state index >= 15 is 0 Å². The zero-order chi connectivity index (χ0) is 9.19. The van der Waals surface area contributed by atoms with Gasteiger partial charge in [-0.25, -0.2) is 4.98 Å². The van der Waals surface area contributed by atoms with Gasteiger partial charge in [-0.05, 0) is 5.41 Å². The molecule has 12 heavy (non-hydrogen) atoms. The van der Waals surface area contributed by atoms with E-state index in [1.165, 1.54) is 11.5 Å². The molecule has 0 fully saturated rings. The zero-order valence-corrected chi connectivity index (χ0v) is 8.83. The molecule has 0 aromatic carbocycles. The summed E-state index contributed by atoms with van der Waals surface area (Å²) in [7, 11) is 1.86. The van der Waals surface area contributed by atoms with Crippen molar-refractivity contribution in [3.8, 4) is 0 Å². The maximum atomic E-state index is 4.31. The molecular weight excluding hydrogens is 170 g/mol. The maximum Gasteiger partial charge on any atom is 0.202 e. The van der Waals surface area contributed by atoms with Gasteiger partial charge in [0, 0.05) is 25.0 Å². The van der Waals surface area contributed by atoms with E-state index in [4.69, 9.17) is 0 Å². The van der Waals surface area contributed by atoms with Crippen LogP contribution in [0.2, 0.25) is 0 Å². The summed E-state index contributed by atoms with van der Waals surface area (Å²) in [5.41, 5.74) is 0.270. The molecular formula is C8H15N3S. The molecule has 1 N–H and O–H groups in total. The van der Waals surface area contributed by atoms with Crippen LogP contribution in [0.4, 0.5) is 5.13 Å². The standard InChI is InChI=1S/C8H15N3S/c1-8(2,3)5-6-10-7(9-4)12-11-6/h5H2,1-4H3,(H,9,10,11). The van der Waals surface area contributed by atoms with Crippen LogP contribution in [-0.4, -0.2) is 16.4 Å². The Labute approximate surface area is 77.4 Å². The summed E-state index contributed by atoms with van der Waals surface area (Å²) in [6.07, 6.45) is 0.936. The van der Waals surface area contributed by atoms with Gasteiger partial charge < -0.3 is 5.32 Å². The van der Waals surface area contributed by atoms with Gasteiger partial charge in [0.15, 0.2) is 0 Å². The third-order valence-electron chi connectivity index (χ3n) is 1.37. The van der Waals surface area contributed by atoms with Crippen LogP contribution in [0.1, 0.15) is 26.6 Å². The summed E-state index contributed by atoms with van der Waals surface area (Å²) in [5, 5.41) is 3.88. The first-order valence-electron chi connectivity index (χ1n) is 4.01. The lowest BCUT2D eigenvalue weighted by Gasteiger charge is -2.14. The Morgan fingerprint density at radius 3 is 2.50 bits per heavy atom. The van der Waals surface area contributed by atoms with Crippen LogP contribution >= 0.6 is 11.5 Å². The number of nitrogens with zero attached hydrogens (tertiary/aromatic N) is 2. The van der Waals surface area contributed by atoms with Crippen molar-refractivity contribution < 1.29 is 0 Å². The molecule has 0 aliphatic rings. The van der Waals surface area contributed by atoms with Crippen molar-refractivity contribution in [1.82, 2.24) is 9.36 Å². The molecule has 1 aromatic rings. The smallest absolute Gasteiger partial charge is 0.202 e. The van der Waals surface area contributed by atoms with Crippen molar-refractivity contribution in [2.24, 2.45) is 5.41 Å². The highest BCUT2D eigenvalue weighted by Crippen LogP contribution is 2.20. The fraction of sp³-hybridized carbons (Fsp3) is 0.750. The molecule has 0 atom stereocenters. The number of nitrogens with one attached hydrogen (secondary N) is 1. The highest BCUT2D eigenvalue weighted by molar-refractivity contribution is 7.09. The monoisotopic (exact) mass is 185 g/mol. The molecule has 0 saturated heterocycles. The van der Waals surface area contributed by atoms with E-state index in [9.17, 15) is 0 Å². The van der Waals surface area contributed by atoms with E-state index in [-0.39, 0.29) is 5.41 Å². The summed E-state index contributed by atoms with van der Waals surface area (Å²) in [6.45, 7) is 6.56. The van der Waals surface area contributed by atoms with Gasteiger partial charge in [-0.1, -0.05) is 20.8 Å². The molecule has 1 heterocycles. The number of hydrogen-bond donors (Lipinski definition) is 1. The second kappa shape index (κ2) is 3.39. The summed E-state index contributed by atoms with van der Waals surface area (Å²) >= 11 is 1.42. The lowest BCUT2D eigenvalue weighted by atomic mass is 9.92. The summed E-state index contributed by atoms with van der Waals surface area (Å²) in [4.78, 5) is 4.31. The predicted molar refractivity (Wildman–Crippen MR) is 52.6 cm³/mol. The van der Waals surface area contributed by atoms with Crippen molar-refractivity contribution in [2.75, 3.05) is 12.4 Å². The van der Waals surface area contributed by atoms with Crippen molar-refractivity contribution in [3.63, 3.8) is 0 Å². The van der Waals surface area contributed by atoms with Crippen LogP contribution in [0.3, 0.4) is 0 Å². The third kappa shape index (κ3) is 2.77. The summed E-state index contributed by atoms with van der Waals surface area (Å²) < 4.78 is 4.24. The minimum absolute atomic E-state index is 0.270. The average Bonchev–Trinajstić information content (AvgIpc) is 2.32. The number of hydrogen-bond acceptors (Lipinski definition) is 4. The number of rotatable bonds is 2. The Hall–Kier alpha value is -0.640. The molecule has 0 radical (unpaired) electrons. The van der Waals surface area contributed by atoms with Crippen LogP contribution < -0.4 is 5.32 Å². The van der Waals surface area contributed by atoms with Gasteiger partial charge in [-0.15, -0.1) is 0 Å². The first-order valence-corrected chi connectivity index (χ1v) is 4.79. The van der Waals surface area contributed by atoms with Crippen LogP contribution in [-0.2, 0) is 6.42 Å². The first-order chi connectivity index (χ1) is 5.51. The Kier molecular flexibility index (Phi) is 2.67. The number of anilines is 1. The molecule has 0 bridgehead atoms. The highest BCUT2D eigenvalue weighted by atomic mass is 32.1. The highest BCUT2D eigenvalue weighted by Gasteiger charge is 2.14. The normalized spacial score (nSPS) is 11.7. The van der Waals surface area contributed by atoms with E-state index in [0.29, 0.717) is 0 Å². The van der Waals surface area contributed by atoms with E-state index in [1.807, 2.05) is 7.05 Å². The van der Waals surface area contributed by atoms with Crippen LogP contribution in [0.5, 0.6) is 0 Å². The Balaban J connectivity index is 2.64. The van der Waals surface area contributed by atoms with Crippen LogP contribution in [0.25, 0.3) is 0 Å². The maximum absolute atomic E-state index is 4.31. The van der Waals surface area contributed by atoms with Crippen molar-refractivity contribution in [2.45, 2.75) is 27.2 Å². The van der Waals surface area contributed by atoms with E-state index < -0.39 is 0 Å². The van der Waals surface area contributed by atoms with Gasteiger partial charge in [-0.3, -0.25) is 0 Å². The quantitative estimate of drug-likeness (QED) is 0.767. The van der Waals surface area contributed by atoms with Crippen LogP contribution in [0, 0.1) is 5.41 Å². The van der Waals surface area contributed by atoms with Gasteiger partial charge in [-0.2, -0.15) is 4.37 Å². The van der Waals surface area contributed by atoms with Crippen LogP contribution in [0.15, 0.2) is 0 Å². The van der Waals surface area contributed by atoms with Gasteiger partial charge in [0.1, 0.15) is 5.82 Å². The van der Waals surface area contributed by atoms with E-state index in [1.54, 1.807) is 0 Å². The van der Waals surface area contributed by atoms with Gasteiger partial charge in [0.05, 0.1) is 0 Å². The SMILES string of the molecule is CNc1nc(CC(C)(C)C)ns1. The Bertz CT molecular complexity index is 249. The molecule has 4 heteroatoms. The summed E-state index contributed by atoms with van der Waals surface area (Å²) in [6, 6.07) is 0. The first kappa shape index (κ1) is 9.45. The predicted octanol–water partition coefficient (Wildman–Crippen LogP) is 2.17. The Morgan fingerprint density at radius 1 is 1.42 bits per heavy atom. The van der Waals surface area contributed by atoms with Crippen molar-refractivity contribution in [3.05, 3.63) is 5.82 Å². The topological polar surface area (TPSA) is 37.8 Å². The molecule has 68 valence electrons. The fourth-order valence-corrected chi connectivity index (χ4v) is 1.44. The zero-order valence-electron chi connectivity index (χ0n) is 8.01. The molecule has 1 rings (SSSR count). The minimum atomic E-state index is 0.270. The minimum Gasteiger partial charge on any atom is -0.363 e.